The fraction of sp³-hybridized carbons (Fsp3) is 0.875. The maximum atomic E-state index is 9.19. The molecule has 15 heavy (non-hydrogen) atoms. The van der Waals surface area contributed by atoms with Gasteiger partial charge in [0.1, 0.15) is 4.38 Å². The molecule has 4 nitrogen and oxygen atoms in total. The van der Waals surface area contributed by atoms with Crippen LogP contribution in [0.1, 0.15) is 26.7 Å². The third kappa shape index (κ3) is 8.12. The lowest BCUT2D eigenvalue weighted by Gasteiger charge is -2.11. The highest BCUT2D eigenvalue weighted by Gasteiger charge is 2.29. The van der Waals surface area contributed by atoms with Crippen LogP contribution in [0.3, 0.4) is 0 Å². The van der Waals surface area contributed by atoms with Gasteiger partial charge in [-0.1, -0.05) is 37.4 Å². The van der Waals surface area contributed by atoms with Crippen molar-refractivity contribution in [2.24, 2.45) is 0 Å². The van der Waals surface area contributed by atoms with Gasteiger partial charge in [-0.25, -0.2) is 0 Å². The fourth-order valence-electron chi connectivity index (χ4n) is 1.15. The zero-order chi connectivity index (χ0) is 12.1. The van der Waals surface area contributed by atoms with Crippen LogP contribution in [0.25, 0.3) is 0 Å². The average Bonchev–Trinajstić information content (AvgIpc) is 2.43. The van der Waals surface area contributed by atoms with Crippen molar-refractivity contribution in [3.8, 4) is 0 Å². The first kappa shape index (κ1) is 15.3. The molecular weight excluding hydrogens is 254 g/mol. The topological polar surface area (TPSA) is 78.2 Å². The van der Waals surface area contributed by atoms with Crippen molar-refractivity contribution in [3.63, 3.8) is 0 Å². The van der Waals surface area contributed by atoms with Crippen LogP contribution < -0.4 is 0 Å². The zero-order valence-corrected chi connectivity index (χ0v) is 11.5. The minimum atomic E-state index is -3.67. The second-order valence-corrected chi connectivity index (χ2v) is 7.37. The standard InChI is InChI=1S/C7H13NS2.CH4O3S/c1-3-5-6(4-2)10-7(8)9-5;1-5(2,3)4/h5-6,8H,3-4H2,1-2H3;1H3,(H,2,3,4)/t5-,6+;. The molecule has 0 aromatic rings. The monoisotopic (exact) mass is 271 g/mol. The molecule has 1 saturated heterocycles. The summed E-state index contributed by atoms with van der Waals surface area (Å²) in [6.45, 7) is 4.42. The van der Waals surface area contributed by atoms with Gasteiger partial charge in [0.05, 0.1) is 6.26 Å². The molecule has 7 heteroatoms. The molecule has 0 unspecified atom stereocenters. The van der Waals surface area contributed by atoms with Crippen molar-refractivity contribution in [3.05, 3.63) is 0 Å². The summed E-state index contributed by atoms with van der Waals surface area (Å²) < 4.78 is 26.7. The van der Waals surface area contributed by atoms with E-state index in [9.17, 15) is 8.42 Å². The Balaban J connectivity index is 0.000000336. The molecule has 0 aromatic carbocycles. The van der Waals surface area contributed by atoms with Gasteiger partial charge in [0.15, 0.2) is 0 Å². The highest BCUT2D eigenvalue weighted by Crippen LogP contribution is 2.41. The van der Waals surface area contributed by atoms with Crippen LogP contribution in [0.5, 0.6) is 0 Å². The predicted octanol–water partition coefficient (Wildman–Crippen LogP) is 2.46. The van der Waals surface area contributed by atoms with Gasteiger partial charge >= 0.3 is 0 Å². The Morgan fingerprint density at radius 1 is 1.27 bits per heavy atom. The van der Waals surface area contributed by atoms with Crippen molar-refractivity contribution in [2.45, 2.75) is 37.2 Å². The molecule has 1 aliphatic rings. The summed E-state index contributed by atoms with van der Waals surface area (Å²) in [5.41, 5.74) is 0. The molecule has 1 rings (SSSR count). The van der Waals surface area contributed by atoms with Crippen LogP contribution in [0.15, 0.2) is 0 Å². The maximum Gasteiger partial charge on any atom is 0.261 e. The van der Waals surface area contributed by atoms with Crippen LogP contribution in [-0.4, -0.2) is 34.1 Å². The molecule has 0 saturated carbocycles. The van der Waals surface area contributed by atoms with Crippen molar-refractivity contribution in [1.82, 2.24) is 0 Å². The fourth-order valence-corrected chi connectivity index (χ4v) is 4.02. The highest BCUT2D eigenvalue weighted by atomic mass is 32.2. The van der Waals surface area contributed by atoms with Gasteiger partial charge in [0, 0.05) is 10.5 Å². The van der Waals surface area contributed by atoms with E-state index in [1.807, 2.05) is 0 Å². The number of hydrogen-bond donors (Lipinski definition) is 2. The van der Waals surface area contributed by atoms with Gasteiger partial charge in [0.2, 0.25) is 0 Å². The smallest absolute Gasteiger partial charge is 0.261 e. The van der Waals surface area contributed by atoms with E-state index < -0.39 is 10.1 Å². The summed E-state index contributed by atoms with van der Waals surface area (Å²) in [7, 11) is -3.67. The SMILES string of the molecule is CC[C@@H]1SC(=N)S[C@@H]1CC.CS(=O)(=O)O. The molecule has 0 bridgehead atoms. The normalized spacial score (nSPS) is 26.0. The van der Waals surface area contributed by atoms with E-state index in [0.29, 0.717) is 16.8 Å². The van der Waals surface area contributed by atoms with Gasteiger partial charge in [-0.3, -0.25) is 9.96 Å². The van der Waals surface area contributed by atoms with Gasteiger partial charge < -0.3 is 0 Å². The molecule has 0 aliphatic carbocycles. The molecule has 0 amide bonds. The lowest BCUT2D eigenvalue weighted by molar-refractivity contribution is 0.490. The van der Waals surface area contributed by atoms with Crippen molar-refractivity contribution in [1.29, 1.82) is 5.41 Å². The van der Waals surface area contributed by atoms with Crippen molar-refractivity contribution in [2.75, 3.05) is 6.26 Å². The summed E-state index contributed by atoms with van der Waals surface area (Å²) in [5, 5.41) is 8.86. The maximum absolute atomic E-state index is 9.19. The number of nitrogens with one attached hydrogen (secondary N) is 1. The lowest BCUT2D eigenvalue weighted by atomic mass is 10.2. The third-order valence-corrected chi connectivity index (χ3v) is 4.84. The number of rotatable bonds is 2. The van der Waals surface area contributed by atoms with Gasteiger partial charge in [-0.2, -0.15) is 8.42 Å². The van der Waals surface area contributed by atoms with E-state index in [4.69, 9.17) is 9.96 Å². The molecule has 1 aliphatic heterocycles. The quantitative estimate of drug-likeness (QED) is 0.754. The average molecular weight is 271 g/mol. The van der Waals surface area contributed by atoms with Gasteiger partial charge in [0.25, 0.3) is 10.1 Å². The minimum absolute atomic E-state index is 0.711. The van der Waals surface area contributed by atoms with E-state index in [1.54, 1.807) is 23.5 Å². The Morgan fingerprint density at radius 2 is 1.53 bits per heavy atom. The van der Waals surface area contributed by atoms with Crippen LogP contribution in [0.2, 0.25) is 0 Å². The van der Waals surface area contributed by atoms with E-state index in [0.717, 1.165) is 4.38 Å². The van der Waals surface area contributed by atoms with Crippen molar-refractivity contribution >= 4 is 38.0 Å². The molecule has 1 fully saturated rings. The van der Waals surface area contributed by atoms with Gasteiger partial charge in [-0.15, -0.1) is 0 Å². The molecule has 2 atom stereocenters. The Labute approximate surface area is 99.9 Å². The van der Waals surface area contributed by atoms with Crippen molar-refractivity contribution < 1.29 is 13.0 Å². The van der Waals surface area contributed by atoms with E-state index in [2.05, 4.69) is 13.8 Å². The molecular formula is C8H17NO3S3. The first-order chi connectivity index (χ1) is 6.77. The first-order valence-electron chi connectivity index (χ1n) is 4.62. The second kappa shape index (κ2) is 6.78. The Morgan fingerprint density at radius 3 is 1.73 bits per heavy atom. The van der Waals surface area contributed by atoms with Gasteiger partial charge in [-0.05, 0) is 12.8 Å². The van der Waals surface area contributed by atoms with Crippen LogP contribution in [-0.2, 0) is 10.1 Å². The largest absolute Gasteiger partial charge is 0.288 e. The van der Waals surface area contributed by atoms with E-state index >= 15 is 0 Å². The zero-order valence-electron chi connectivity index (χ0n) is 9.06. The van der Waals surface area contributed by atoms with Crippen LogP contribution in [0, 0.1) is 5.41 Å². The summed E-state index contributed by atoms with van der Waals surface area (Å²) >= 11 is 3.49. The molecule has 0 radical (unpaired) electrons. The summed E-state index contributed by atoms with van der Waals surface area (Å²) in [5.74, 6) is 0. The Bertz CT molecular complexity index is 280. The molecule has 0 spiro atoms. The molecule has 1 heterocycles. The summed E-state index contributed by atoms with van der Waals surface area (Å²) in [4.78, 5) is 0. The highest BCUT2D eigenvalue weighted by molar-refractivity contribution is 8.41. The van der Waals surface area contributed by atoms with E-state index in [-0.39, 0.29) is 0 Å². The molecule has 90 valence electrons. The molecule has 0 aromatic heterocycles. The lowest BCUT2D eigenvalue weighted by Crippen LogP contribution is -2.12. The summed E-state index contributed by atoms with van der Waals surface area (Å²) in [6.07, 6.45) is 3.13. The first-order valence-corrected chi connectivity index (χ1v) is 8.23. The van der Waals surface area contributed by atoms with Crippen LogP contribution in [0.4, 0.5) is 0 Å². The van der Waals surface area contributed by atoms with Crippen LogP contribution >= 0.6 is 23.5 Å². The number of hydrogen-bond acceptors (Lipinski definition) is 5. The molecule has 2 N–H and O–H groups in total. The number of thioether (sulfide) groups is 2. The Hall–Kier alpha value is 0.280. The Kier molecular flexibility index (Phi) is 6.90. The second-order valence-electron chi connectivity index (χ2n) is 3.15. The summed E-state index contributed by atoms with van der Waals surface area (Å²) in [6, 6.07) is 0. The predicted molar refractivity (Wildman–Crippen MR) is 68.5 cm³/mol. The van der Waals surface area contributed by atoms with E-state index in [1.165, 1.54) is 12.8 Å². The third-order valence-electron chi connectivity index (χ3n) is 1.74. The minimum Gasteiger partial charge on any atom is -0.288 e.